The topological polar surface area (TPSA) is 67.4 Å². The van der Waals surface area contributed by atoms with E-state index in [1.54, 1.807) is 42.7 Å². The molecule has 0 aliphatic carbocycles. The highest BCUT2D eigenvalue weighted by Gasteiger charge is 2.24. The Morgan fingerprint density at radius 1 is 1.16 bits per heavy atom. The van der Waals surface area contributed by atoms with Gasteiger partial charge in [0.05, 0.1) is 7.11 Å². The first kappa shape index (κ1) is 19.0. The Balaban J connectivity index is 1.91. The molecular formula is C19H24N2O3S. The van der Waals surface area contributed by atoms with Crippen LogP contribution in [0.4, 0.5) is 0 Å². The highest BCUT2D eigenvalue weighted by Crippen LogP contribution is 2.12. The van der Waals surface area contributed by atoms with E-state index in [-0.39, 0.29) is 17.7 Å². The van der Waals surface area contributed by atoms with E-state index >= 15 is 0 Å². The van der Waals surface area contributed by atoms with Crippen LogP contribution in [0.2, 0.25) is 0 Å². The second-order valence-electron chi connectivity index (χ2n) is 6.04. The van der Waals surface area contributed by atoms with Gasteiger partial charge >= 0.3 is 0 Å². The fraction of sp³-hybridized carbons (Fsp3) is 0.368. The molecule has 0 aliphatic rings. The number of hydrogen-bond acceptors (Lipinski definition) is 4. The number of benzene rings is 1. The SMILES string of the molecule is COc1ccc(C(=O)NC(C(=O)NCCc2cccs2)C(C)C)cc1. The van der Waals surface area contributed by atoms with E-state index in [1.807, 2.05) is 31.4 Å². The Morgan fingerprint density at radius 2 is 1.88 bits per heavy atom. The predicted molar refractivity (Wildman–Crippen MR) is 100 cm³/mol. The van der Waals surface area contributed by atoms with E-state index in [2.05, 4.69) is 10.6 Å². The minimum Gasteiger partial charge on any atom is -0.497 e. The third kappa shape index (κ3) is 5.60. The highest BCUT2D eigenvalue weighted by atomic mass is 32.1. The maximum Gasteiger partial charge on any atom is 0.251 e. The van der Waals surface area contributed by atoms with E-state index in [9.17, 15) is 9.59 Å². The number of ether oxygens (including phenoxy) is 1. The Labute approximate surface area is 152 Å². The lowest BCUT2D eigenvalue weighted by atomic mass is 10.0. The minimum atomic E-state index is -0.571. The lowest BCUT2D eigenvalue weighted by molar-refractivity contribution is -0.123. The zero-order valence-electron chi connectivity index (χ0n) is 14.7. The second kappa shape index (κ2) is 9.22. The van der Waals surface area contributed by atoms with Crippen LogP contribution in [0.25, 0.3) is 0 Å². The van der Waals surface area contributed by atoms with Crippen molar-refractivity contribution in [3.05, 3.63) is 52.2 Å². The predicted octanol–water partition coefficient (Wildman–Crippen LogP) is 2.87. The molecule has 0 aliphatic heterocycles. The maximum atomic E-state index is 12.4. The van der Waals surface area contributed by atoms with Crippen molar-refractivity contribution in [1.82, 2.24) is 10.6 Å². The summed E-state index contributed by atoms with van der Waals surface area (Å²) in [7, 11) is 1.57. The number of nitrogens with one attached hydrogen (secondary N) is 2. The minimum absolute atomic E-state index is 0.0102. The first-order chi connectivity index (χ1) is 12.0. The van der Waals surface area contributed by atoms with Gasteiger partial charge in [0.1, 0.15) is 11.8 Å². The zero-order chi connectivity index (χ0) is 18.2. The van der Waals surface area contributed by atoms with E-state index in [0.29, 0.717) is 17.9 Å². The summed E-state index contributed by atoms with van der Waals surface area (Å²) < 4.78 is 5.09. The molecule has 2 aromatic rings. The molecule has 2 amide bonds. The molecule has 0 spiro atoms. The van der Waals surface area contributed by atoms with Gasteiger partial charge in [-0.2, -0.15) is 0 Å². The van der Waals surface area contributed by atoms with Crippen LogP contribution in [0, 0.1) is 5.92 Å². The molecule has 0 bridgehead atoms. The molecule has 0 fully saturated rings. The Bertz CT molecular complexity index is 681. The normalized spacial score (nSPS) is 11.8. The lowest BCUT2D eigenvalue weighted by Crippen LogP contribution is -2.50. The van der Waals surface area contributed by atoms with Crippen LogP contribution < -0.4 is 15.4 Å². The largest absolute Gasteiger partial charge is 0.497 e. The van der Waals surface area contributed by atoms with Gasteiger partial charge in [-0.1, -0.05) is 19.9 Å². The maximum absolute atomic E-state index is 12.4. The zero-order valence-corrected chi connectivity index (χ0v) is 15.6. The Morgan fingerprint density at radius 3 is 2.44 bits per heavy atom. The van der Waals surface area contributed by atoms with Crippen molar-refractivity contribution in [2.45, 2.75) is 26.3 Å². The van der Waals surface area contributed by atoms with Crippen LogP contribution in [-0.4, -0.2) is 31.5 Å². The van der Waals surface area contributed by atoms with Crippen LogP contribution in [0.5, 0.6) is 5.75 Å². The van der Waals surface area contributed by atoms with E-state index in [1.165, 1.54) is 4.88 Å². The van der Waals surface area contributed by atoms with Gasteiger partial charge in [0.15, 0.2) is 0 Å². The van der Waals surface area contributed by atoms with Crippen LogP contribution in [0.15, 0.2) is 41.8 Å². The van der Waals surface area contributed by atoms with Crippen LogP contribution in [0.1, 0.15) is 29.1 Å². The van der Waals surface area contributed by atoms with Crippen molar-refractivity contribution in [2.75, 3.05) is 13.7 Å². The molecule has 1 aromatic carbocycles. The molecule has 0 saturated carbocycles. The van der Waals surface area contributed by atoms with Gasteiger partial charge in [-0.15, -0.1) is 11.3 Å². The summed E-state index contributed by atoms with van der Waals surface area (Å²) in [4.78, 5) is 26.1. The quantitative estimate of drug-likeness (QED) is 0.761. The molecular weight excluding hydrogens is 336 g/mol. The summed E-state index contributed by atoms with van der Waals surface area (Å²) in [6.45, 7) is 4.39. The molecule has 6 heteroatoms. The fourth-order valence-corrected chi connectivity index (χ4v) is 3.08. The summed E-state index contributed by atoms with van der Waals surface area (Å²) in [5, 5.41) is 7.75. The molecule has 0 saturated heterocycles. The van der Waals surface area contributed by atoms with Gasteiger partial charge in [-0.05, 0) is 48.1 Å². The van der Waals surface area contributed by atoms with Gasteiger partial charge in [0.25, 0.3) is 5.91 Å². The third-order valence-corrected chi connectivity index (χ3v) is 4.77. The molecule has 5 nitrogen and oxygen atoms in total. The molecule has 25 heavy (non-hydrogen) atoms. The van der Waals surface area contributed by atoms with Gasteiger partial charge in [-0.3, -0.25) is 9.59 Å². The molecule has 0 radical (unpaired) electrons. The standard InChI is InChI=1S/C19H24N2O3S/c1-13(2)17(19(23)20-11-10-16-5-4-12-25-16)21-18(22)14-6-8-15(24-3)9-7-14/h4-9,12-13,17H,10-11H2,1-3H3,(H,20,23)(H,21,22). The van der Waals surface area contributed by atoms with Crippen molar-refractivity contribution < 1.29 is 14.3 Å². The molecule has 2 N–H and O–H groups in total. The summed E-state index contributed by atoms with van der Waals surface area (Å²) >= 11 is 1.67. The smallest absolute Gasteiger partial charge is 0.251 e. The van der Waals surface area contributed by atoms with E-state index in [0.717, 1.165) is 6.42 Å². The summed E-state index contributed by atoms with van der Waals surface area (Å²) in [6, 6.07) is 10.3. The lowest BCUT2D eigenvalue weighted by Gasteiger charge is -2.21. The highest BCUT2D eigenvalue weighted by molar-refractivity contribution is 7.09. The number of thiophene rings is 1. The summed E-state index contributed by atoms with van der Waals surface area (Å²) in [5.41, 5.74) is 0.498. The van der Waals surface area contributed by atoms with Crippen molar-refractivity contribution in [1.29, 1.82) is 0 Å². The number of carbonyl (C=O) groups excluding carboxylic acids is 2. The van der Waals surface area contributed by atoms with Crippen molar-refractivity contribution in [3.8, 4) is 5.75 Å². The number of carbonyl (C=O) groups is 2. The molecule has 1 heterocycles. The van der Waals surface area contributed by atoms with E-state index < -0.39 is 6.04 Å². The molecule has 1 aromatic heterocycles. The monoisotopic (exact) mass is 360 g/mol. The molecule has 134 valence electrons. The van der Waals surface area contributed by atoms with Crippen LogP contribution in [0.3, 0.4) is 0 Å². The number of rotatable bonds is 8. The first-order valence-electron chi connectivity index (χ1n) is 8.26. The number of amides is 2. The molecule has 2 rings (SSSR count). The Hall–Kier alpha value is -2.34. The first-order valence-corrected chi connectivity index (χ1v) is 9.14. The molecule has 1 atom stereocenters. The second-order valence-corrected chi connectivity index (χ2v) is 7.08. The third-order valence-electron chi connectivity index (χ3n) is 3.84. The van der Waals surface area contributed by atoms with Crippen molar-refractivity contribution in [2.24, 2.45) is 5.92 Å². The fourth-order valence-electron chi connectivity index (χ4n) is 2.38. The van der Waals surface area contributed by atoms with Crippen molar-refractivity contribution >= 4 is 23.2 Å². The average Bonchev–Trinajstić information content (AvgIpc) is 3.12. The summed E-state index contributed by atoms with van der Waals surface area (Å²) in [5.74, 6) is 0.246. The Kier molecular flexibility index (Phi) is 7.01. The van der Waals surface area contributed by atoms with Crippen LogP contribution >= 0.6 is 11.3 Å². The van der Waals surface area contributed by atoms with Gasteiger partial charge in [0, 0.05) is 17.0 Å². The van der Waals surface area contributed by atoms with Crippen LogP contribution in [-0.2, 0) is 11.2 Å². The van der Waals surface area contributed by atoms with Gasteiger partial charge < -0.3 is 15.4 Å². The molecule has 1 unspecified atom stereocenters. The number of hydrogen-bond donors (Lipinski definition) is 2. The number of methoxy groups -OCH3 is 1. The van der Waals surface area contributed by atoms with E-state index in [4.69, 9.17) is 4.74 Å². The summed E-state index contributed by atoms with van der Waals surface area (Å²) in [6.07, 6.45) is 0.792. The van der Waals surface area contributed by atoms with Gasteiger partial charge in [-0.25, -0.2) is 0 Å². The van der Waals surface area contributed by atoms with Crippen molar-refractivity contribution in [3.63, 3.8) is 0 Å². The average molecular weight is 360 g/mol. The van der Waals surface area contributed by atoms with Gasteiger partial charge in [0.2, 0.25) is 5.91 Å².